The molecule has 1 unspecified atom stereocenters. The zero-order valence-corrected chi connectivity index (χ0v) is 12.3. The Labute approximate surface area is 118 Å². The lowest BCUT2D eigenvalue weighted by molar-refractivity contribution is -0.135. The summed E-state index contributed by atoms with van der Waals surface area (Å²) in [7, 11) is 0. The van der Waals surface area contributed by atoms with Gasteiger partial charge < -0.3 is 10.6 Å². The molecule has 0 aliphatic carbocycles. The fourth-order valence-electron chi connectivity index (χ4n) is 2.53. The number of hydrogen-bond donors (Lipinski definition) is 2. The Morgan fingerprint density at radius 2 is 2.00 bits per heavy atom. The average molecular weight is 294 g/mol. The van der Waals surface area contributed by atoms with Crippen LogP contribution in [0.4, 0.5) is 13.2 Å². The minimum atomic E-state index is -4.10. The third-order valence-corrected chi connectivity index (χ3v) is 4.08. The van der Waals surface area contributed by atoms with Gasteiger partial charge in [-0.25, -0.2) is 0 Å². The second kappa shape index (κ2) is 7.29. The standard InChI is InChI=1S/C14H25F3N2O/c1-13(2,11-6-5-8-18-10-11)12(20)19-9-4-3-7-14(15,16)17/h11,18H,3-10H2,1-2H3,(H,19,20). The predicted molar refractivity (Wildman–Crippen MR) is 72.3 cm³/mol. The third-order valence-electron chi connectivity index (χ3n) is 4.08. The number of alkyl halides is 3. The number of hydrogen-bond acceptors (Lipinski definition) is 2. The average Bonchev–Trinajstić information content (AvgIpc) is 2.37. The molecule has 6 heteroatoms. The molecule has 1 amide bonds. The topological polar surface area (TPSA) is 41.1 Å². The van der Waals surface area contributed by atoms with Crippen molar-refractivity contribution in [3.63, 3.8) is 0 Å². The molecule has 3 nitrogen and oxygen atoms in total. The van der Waals surface area contributed by atoms with E-state index in [1.807, 2.05) is 13.8 Å². The molecule has 0 aromatic carbocycles. The fraction of sp³-hybridized carbons (Fsp3) is 0.929. The van der Waals surface area contributed by atoms with E-state index >= 15 is 0 Å². The molecule has 0 aromatic heterocycles. The second-order valence-electron chi connectivity index (χ2n) is 6.09. The van der Waals surface area contributed by atoms with Gasteiger partial charge in [-0.3, -0.25) is 4.79 Å². The van der Waals surface area contributed by atoms with Crippen LogP contribution in [0.5, 0.6) is 0 Å². The monoisotopic (exact) mass is 294 g/mol. The van der Waals surface area contributed by atoms with E-state index in [-0.39, 0.29) is 18.2 Å². The molecule has 0 saturated carbocycles. The molecule has 1 atom stereocenters. The maximum Gasteiger partial charge on any atom is 0.389 e. The summed E-state index contributed by atoms with van der Waals surface area (Å²) in [5, 5.41) is 6.06. The van der Waals surface area contributed by atoms with Crippen LogP contribution in [0.25, 0.3) is 0 Å². The van der Waals surface area contributed by atoms with Gasteiger partial charge in [-0.2, -0.15) is 13.2 Å². The van der Waals surface area contributed by atoms with Crippen LogP contribution in [0.1, 0.15) is 46.0 Å². The molecule has 1 fully saturated rings. The summed E-state index contributed by atoms with van der Waals surface area (Å²) in [5.74, 6) is 0.227. The minimum absolute atomic E-state index is 0.0572. The van der Waals surface area contributed by atoms with Crippen LogP contribution in [0.15, 0.2) is 0 Å². The van der Waals surface area contributed by atoms with Gasteiger partial charge in [0.15, 0.2) is 0 Å². The van der Waals surface area contributed by atoms with Gasteiger partial charge in [-0.05, 0) is 44.7 Å². The van der Waals surface area contributed by atoms with E-state index in [2.05, 4.69) is 10.6 Å². The van der Waals surface area contributed by atoms with Crippen molar-refractivity contribution in [2.75, 3.05) is 19.6 Å². The van der Waals surface area contributed by atoms with E-state index in [4.69, 9.17) is 0 Å². The molecule has 1 heterocycles. The zero-order chi connectivity index (χ0) is 15.2. The number of carbonyl (C=O) groups is 1. The molecule has 0 spiro atoms. The number of halogens is 3. The first-order chi connectivity index (χ1) is 9.23. The van der Waals surface area contributed by atoms with E-state index in [1.165, 1.54) is 0 Å². The number of carbonyl (C=O) groups excluding carboxylic acids is 1. The van der Waals surface area contributed by atoms with Crippen LogP contribution in [0.3, 0.4) is 0 Å². The maximum atomic E-state index is 12.2. The van der Waals surface area contributed by atoms with Crippen molar-refractivity contribution in [3.8, 4) is 0 Å². The summed E-state index contributed by atoms with van der Waals surface area (Å²) in [4.78, 5) is 12.2. The normalized spacial score (nSPS) is 20.8. The highest BCUT2D eigenvalue weighted by Crippen LogP contribution is 2.31. The largest absolute Gasteiger partial charge is 0.389 e. The highest BCUT2D eigenvalue weighted by atomic mass is 19.4. The van der Waals surface area contributed by atoms with E-state index in [0.29, 0.717) is 13.0 Å². The zero-order valence-electron chi connectivity index (χ0n) is 12.3. The molecule has 1 aliphatic heterocycles. The highest BCUT2D eigenvalue weighted by Gasteiger charge is 2.37. The van der Waals surface area contributed by atoms with Gasteiger partial charge >= 0.3 is 6.18 Å². The summed E-state index contributed by atoms with van der Waals surface area (Å²) < 4.78 is 35.9. The van der Waals surface area contributed by atoms with Crippen LogP contribution < -0.4 is 10.6 Å². The first-order valence-electron chi connectivity index (χ1n) is 7.29. The van der Waals surface area contributed by atoms with E-state index in [0.717, 1.165) is 25.9 Å². The van der Waals surface area contributed by atoms with Crippen molar-refractivity contribution in [2.45, 2.75) is 52.1 Å². The molecule has 1 rings (SSSR count). The van der Waals surface area contributed by atoms with Crippen LogP contribution in [-0.2, 0) is 4.79 Å². The molecule has 20 heavy (non-hydrogen) atoms. The molecular weight excluding hydrogens is 269 g/mol. The van der Waals surface area contributed by atoms with Crippen molar-refractivity contribution in [3.05, 3.63) is 0 Å². The molecule has 0 bridgehead atoms. The number of rotatable bonds is 6. The van der Waals surface area contributed by atoms with E-state index in [9.17, 15) is 18.0 Å². The van der Waals surface area contributed by atoms with Gasteiger partial charge in [-0.1, -0.05) is 13.8 Å². The number of amides is 1. The lowest BCUT2D eigenvalue weighted by Crippen LogP contribution is -2.47. The van der Waals surface area contributed by atoms with Crippen molar-refractivity contribution < 1.29 is 18.0 Å². The third kappa shape index (κ3) is 5.69. The second-order valence-corrected chi connectivity index (χ2v) is 6.09. The Hall–Kier alpha value is -0.780. The summed E-state index contributed by atoms with van der Waals surface area (Å²) in [6, 6.07) is 0. The summed E-state index contributed by atoms with van der Waals surface area (Å²) in [5.41, 5.74) is -0.475. The minimum Gasteiger partial charge on any atom is -0.356 e. The van der Waals surface area contributed by atoms with Gasteiger partial charge in [0.2, 0.25) is 5.91 Å². The van der Waals surface area contributed by atoms with Crippen molar-refractivity contribution in [2.24, 2.45) is 11.3 Å². The summed E-state index contributed by atoms with van der Waals surface area (Å²) in [6.07, 6.45) is -2.37. The van der Waals surface area contributed by atoms with Crippen LogP contribution in [0, 0.1) is 11.3 Å². The van der Waals surface area contributed by atoms with Crippen molar-refractivity contribution >= 4 is 5.91 Å². The van der Waals surface area contributed by atoms with E-state index < -0.39 is 18.0 Å². The van der Waals surface area contributed by atoms with Gasteiger partial charge in [0, 0.05) is 18.4 Å². The molecule has 118 valence electrons. The Morgan fingerprint density at radius 3 is 2.55 bits per heavy atom. The van der Waals surface area contributed by atoms with E-state index in [1.54, 1.807) is 0 Å². The highest BCUT2D eigenvalue weighted by molar-refractivity contribution is 5.82. The summed E-state index contributed by atoms with van der Waals surface area (Å²) in [6.45, 7) is 5.96. The fourth-order valence-corrected chi connectivity index (χ4v) is 2.53. The van der Waals surface area contributed by atoms with Crippen molar-refractivity contribution in [1.82, 2.24) is 10.6 Å². The molecule has 0 aromatic rings. The lowest BCUT2D eigenvalue weighted by Gasteiger charge is -2.36. The maximum absolute atomic E-state index is 12.2. The lowest BCUT2D eigenvalue weighted by atomic mass is 9.74. The Morgan fingerprint density at radius 1 is 1.30 bits per heavy atom. The molecule has 0 radical (unpaired) electrons. The smallest absolute Gasteiger partial charge is 0.356 e. The van der Waals surface area contributed by atoms with Gasteiger partial charge in [0.1, 0.15) is 0 Å². The number of piperidine rings is 1. The molecule has 1 aliphatic rings. The predicted octanol–water partition coefficient (Wildman–Crippen LogP) is 2.86. The summed E-state index contributed by atoms with van der Waals surface area (Å²) >= 11 is 0. The first-order valence-corrected chi connectivity index (χ1v) is 7.29. The number of unbranched alkanes of at least 4 members (excludes halogenated alkanes) is 1. The quantitative estimate of drug-likeness (QED) is 0.740. The molecule has 1 saturated heterocycles. The van der Waals surface area contributed by atoms with Crippen LogP contribution in [-0.4, -0.2) is 31.7 Å². The van der Waals surface area contributed by atoms with Crippen molar-refractivity contribution in [1.29, 1.82) is 0 Å². The molecular formula is C14H25F3N2O. The Bertz CT molecular complexity index is 310. The number of nitrogens with one attached hydrogen (secondary N) is 2. The molecule has 2 N–H and O–H groups in total. The van der Waals surface area contributed by atoms with Crippen LogP contribution >= 0.6 is 0 Å². The van der Waals surface area contributed by atoms with Gasteiger partial charge in [-0.15, -0.1) is 0 Å². The Balaban J connectivity index is 2.27. The Kier molecular flexibility index (Phi) is 6.30. The van der Waals surface area contributed by atoms with Gasteiger partial charge in [0.05, 0.1) is 0 Å². The SMILES string of the molecule is CC(C)(C(=O)NCCCCC(F)(F)F)C1CCCNC1. The first kappa shape index (κ1) is 17.3. The van der Waals surface area contributed by atoms with Crippen LogP contribution in [0.2, 0.25) is 0 Å². The van der Waals surface area contributed by atoms with Gasteiger partial charge in [0.25, 0.3) is 0 Å².